The first-order valence-corrected chi connectivity index (χ1v) is 7.39. The maximum absolute atomic E-state index is 11.7. The van der Waals surface area contributed by atoms with Crippen LogP contribution in [0.2, 0.25) is 0 Å². The molecule has 0 bridgehead atoms. The van der Waals surface area contributed by atoms with E-state index < -0.39 is 5.91 Å². The van der Waals surface area contributed by atoms with Crippen molar-refractivity contribution in [2.45, 2.75) is 27.4 Å². The van der Waals surface area contributed by atoms with Crippen LogP contribution in [0.1, 0.15) is 26.3 Å². The van der Waals surface area contributed by atoms with Gasteiger partial charge in [0.15, 0.2) is 5.78 Å². The number of benzene rings is 1. The van der Waals surface area contributed by atoms with E-state index in [9.17, 15) is 9.59 Å². The number of ketones is 1. The van der Waals surface area contributed by atoms with Gasteiger partial charge < -0.3 is 15.6 Å². The maximum atomic E-state index is 11.7. The van der Waals surface area contributed by atoms with Crippen LogP contribution < -0.4 is 10.5 Å². The molecule has 0 spiro atoms. The van der Waals surface area contributed by atoms with Crippen molar-refractivity contribution < 1.29 is 19.4 Å². The van der Waals surface area contributed by atoms with Crippen molar-refractivity contribution in [3.63, 3.8) is 0 Å². The van der Waals surface area contributed by atoms with Crippen LogP contribution in [0.25, 0.3) is 0 Å². The van der Waals surface area contributed by atoms with Crippen LogP contribution in [-0.4, -0.2) is 23.4 Å². The van der Waals surface area contributed by atoms with Gasteiger partial charge in [-0.05, 0) is 30.5 Å². The molecule has 0 atom stereocenters. The quantitative estimate of drug-likeness (QED) is 0.568. The molecule has 0 saturated carbocycles. The van der Waals surface area contributed by atoms with Crippen molar-refractivity contribution in [3.05, 3.63) is 53.1 Å². The number of ether oxygens (including phenoxy) is 1. The first-order valence-electron chi connectivity index (χ1n) is 7.39. The van der Waals surface area contributed by atoms with Gasteiger partial charge in [0.1, 0.15) is 12.4 Å². The van der Waals surface area contributed by atoms with Crippen LogP contribution in [-0.2, 0) is 16.2 Å². The summed E-state index contributed by atoms with van der Waals surface area (Å²) >= 11 is 0. The van der Waals surface area contributed by atoms with Gasteiger partial charge in [-0.1, -0.05) is 38.1 Å². The molecule has 5 heteroatoms. The van der Waals surface area contributed by atoms with Crippen molar-refractivity contribution in [1.82, 2.24) is 0 Å². The van der Waals surface area contributed by atoms with Crippen molar-refractivity contribution in [2.24, 2.45) is 11.7 Å². The normalized spacial score (nSPS) is 12.4. The number of aliphatic hydroxyl groups is 1. The van der Waals surface area contributed by atoms with Crippen LogP contribution in [0.5, 0.6) is 5.75 Å². The van der Waals surface area contributed by atoms with Gasteiger partial charge in [0.05, 0.1) is 6.61 Å². The van der Waals surface area contributed by atoms with E-state index in [2.05, 4.69) is 0 Å². The summed E-state index contributed by atoms with van der Waals surface area (Å²) in [5.74, 6) is -0.0679. The lowest BCUT2D eigenvalue weighted by atomic mass is 10.0. The van der Waals surface area contributed by atoms with E-state index in [4.69, 9.17) is 15.6 Å². The lowest BCUT2D eigenvalue weighted by molar-refractivity contribution is -0.115. The molecule has 1 aromatic carbocycles. The Bertz CT molecular complexity index is 612. The number of primary amides is 1. The zero-order valence-electron chi connectivity index (χ0n) is 13.7. The van der Waals surface area contributed by atoms with E-state index in [1.54, 1.807) is 36.4 Å². The minimum absolute atomic E-state index is 0.0242. The van der Waals surface area contributed by atoms with Crippen molar-refractivity contribution in [3.8, 4) is 5.75 Å². The molecule has 124 valence electrons. The Morgan fingerprint density at radius 2 is 1.83 bits per heavy atom. The molecular formula is C18H23NO4. The number of rotatable bonds is 8. The van der Waals surface area contributed by atoms with E-state index in [-0.39, 0.29) is 24.9 Å². The number of carbonyl (C=O) groups excluding carboxylic acids is 2. The predicted octanol–water partition coefficient (Wildman–Crippen LogP) is 2.14. The molecule has 1 amide bonds. The molecule has 0 aliphatic carbocycles. The summed E-state index contributed by atoms with van der Waals surface area (Å²) in [4.78, 5) is 23.0. The Labute approximate surface area is 136 Å². The highest BCUT2D eigenvalue weighted by atomic mass is 16.5. The van der Waals surface area contributed by atoms with E-state index in [0.29, 0.717) is 16.9 Å². The maximum Gasteiger partial charge on any atom is 0.244 e. The number of amides is 1. The summed E-state index contributed by atoms with van der Waals surface area (Å²) in [6.07, 6.45) is 3.15. The number of nitrogens with two attached hydrogens (primary N) is 1. The Morgan fingerprint density at radius 3 is 2.26 bits per heavy atom. The fraction of sp³-hybridized carbons (Fsp3) is 0.333. The smallest absolute Gasteiger partial charge is 0.244 e. The molecule has 0 aliphatic heterocycles. The van der Waals surface area contributed by atoms with Crippen LogP contribution >= 0.6 is 0 Å². The second kappa shape index (κ2) is 8.90. The largest absolute Gasteiger partial charge is 0.489 e. The average Bonchev–Trinajstić information content (AvgIpc) is 2.50. The van der Waals surface area contributed by atoms with Gasteiger partial charge in [0.25, 0.3) is 0 Å². The molecule has 3 N–H and O–H groups in total. The first-order chi connectivity index (χ1) is 10.8. The van der Waals surface area contributed by atoms with Crippen molar-refractivity contribution in [1.29, 1.82) is 0 Å². The summed E-state index contributed by atoms with van der Waals surface area (Å²) in [5.41, 5.74) is 7.00. The van der Waals surface area contributed by atoms with Gasteiger partial charge in [-0.25, -0.2) is 0 Å². The highest BCUT2D eigenvalue weighted by molar-refractivity contribution is 5.95. The molecule has 23 heavy (non-hydrogen) atoms. The highest BCUT2D eigenvalue weighted by Crippen LogP contribution is 2.14. The lowest BCUT2D eigenvalue weighted by Gasteiger charge is -2.09. The van der Waals surface area contributed by atoms with Crippen molar-refractivity contribution in [2.75, 3.05) is 6.61 Å². The van der Waals surface area contributed by atoms with Crippen LogP contribution in [0.15, 0.2) is 47.6 Å². The van der Waals surface area contributed by atoms with E-state index >= 15 is 0 Å². The minimum Gasteiger partial charge on any atom is -0.489 e. The Hall–Kier alpha value is -2.40. The fourth-order valence-electron chi connectivity index (χ4n) is 1.87. The van der Waals surface area contributed by atoms with Crippen molar-refractivity contribution >= 4 is 11.7 Å². The van der Waals surface area contributed by atoms with E-state index in [1.165, 1.54) is 6.92 Å². The minimum atomic E-state index is -0.500. The van der Waals surface area contributed by atoms with E-state index in [0.717, 1.165) is 5.56 Å². The van der Waals surface area contributed by atoms with Crippen LogP contribution in [0, 0.1) is 5.92 Å². The van der Waals surface area contributed by atoms with Gasteiger partial charge in [-0.15, -0.1) is 0 Å². The Balaban J connectivity index is 2.85. The number of aliphatic hydroxyl groups excluding tert-OH is 1. The molecule has 5 nitrogen and oxygen atoms in total. The summed E-state index contributed by atoms with van der Waals surface area (Å²) in [7, 11) is 0. The second-order valence-corrected chi connectivity index (χ2v) is 5.48. The molecule has 0 aliphatic rings. The molecule has 0 aromatic heterocycles. The summed E-state index contributed by atoms with van der Waals surface area (Å²) in [6, 6.07) is 6.94. The number of allylic oxidation sites excluding steroid dienone is 2. The monoisotopic (exact) mass is 317 g/mol. The lowest BCUT2D eigenvalue weighted by Crippen LogP contribution is -2.17. The zero-order chi connectivity index (χ0) is 17.4. The summed E-state index contributed by atoms with van der Waals surface area (Å²) < 4.78 is 5.57. The number of carbonyl (C=O) groups is 2. The number of hydrogen-bond donors (Lipinski definition) is 2. The third kappa shape index (κ3) is 6.08. The molecule has 0 radical (unpaired) electrons. The SMILES string of the molecule is CC(=O)/C(=C/C=C(/C(N)=O)C(C)C)COc1ccc(CO)cc1. The highest BCUT2D eigenvalue weighted by Gasteiger charge is 2.10. The molecule has 0 saturated heterocycles. The number of Topliss-reactive ketones (excluding diaryl/α,β-unsaturated/α-hetero) is 1. The average molecular weight is 317 g/mol. The topological polar surface area (TPSA) is 89.6 Å². The predicted molar refractivity (Wildman–Crippen MR) is 88.7 cm³/mol. The third-order valence-corrected chi connectivity index (χ3v) is 3.32. The Morgan fingerprint density at radius 1 is 1.22 bits per heavy atom. The summed E-state index contributed by atoms with van der Waals surface area (Å²) in [6.45, 7) is 5.22. The number of hydrogen-bond acceptors (Lipinski definition) is 4. The molecule has 1 rings (SSSR count). The van der Waals surface area contributed by atoms with Gasteiger partial charge in [-0.2, -0.15) is 0 Å². The van der Waals surface area contributed by atoms with Gasteiger partial charge in [0, 0.05) is 11.1 Å². The fourth-order valence-corrected chi connectivity index (χ4v) is 1.87. The van der Waals surface area contributed by atoms with Crippen LogP contribution in [0.3, 0.4) is 0 Å². The Kier molecular flexibility index (Phi) is 7.22. The standard InChI is InChI=1S/C18H23NO4/c1-12(2)17(18(19)22)9-6-15(13(3)21)11-23-16-7-4-14(10-20)5-8-16/h4-9,12,20H,10-11H2,1-3H3,(H2,19,22)/b15-6+,17-9+. The van der Waals surface area contributed by atoms with Gasteiger partial charge in [-0.3, -0.25) is 9.59 Å². The van der Waals surface area contributed by atoms with Gasteiger partial charge in [0.2, 0.25) is 5.91 Å². The van der Waals surface area contributed by atoms with Gasteiger partial charge >= 0.3 is 0 Å². The first kappa shape index (κ1) is 18.6. The van der Waals surface area contributed by atoms with Crippen LogP contribution in [0.4, 0.5) is 0 Å². The molecule has 1 aromatic rings. The summed E-state index contributed by atoms with van der Waals surface area (Å²) in [5, 5.41) is 8.99. The molecule has 0 unspecified atom stereocenters. The third-order valence-electron chi connectivity index (χ3n) is 3.32. The molecular weight excluding hydrogens is 294 g/mol. The van der Waals surface area contributed by atoms with E-state index in [1.807, 2.05) is 13.8 Å². The zero-order valence-corrected chi connectivity index (χ0v) is 13.7. The second-order valence-electron chi connectivity index (χ2n) is 5.48. The molecule has 0 heterocycles. The molecule has 0 fully saturated rings.